The lowest BCUT2D eigenvalue weighted by Gasteiger charge is -2.16. The van der Waals surface area contributed by atoms with Crippen LogP contribution in [-0.4, -0.2) is 17.0 Å². The van der Waals surface area contributed by atoms with Crippen molar-refractivity contribution >= 4 is 11.8 Å². The molecule has 0 spiro atoms. The van der Waals surface area contributed by atoms with Gasteiger partial charge in [-0.1, -0.05) is 18.6 Å². The van der Waals surface area contributed by atoms with Crippen molar-refractivity contribution in [3.8, 4) is 0 Å². The van der Waals surface area contributed by atoms with E-state index >= 15 is 0 Å². The topological polar surface area (TPSA) is 20.2 Å². The van der Waals surface area contributed by atoms with Crippen molar-refractivity contribution in [2.45, 2.75) is 50.0 Å². The predicted octanol–water partition coefficient (Wildman–Crippen LogP) is 3.89. The summed E-state index contributed by atoms with van der Waals surface area (Å²) in [5.41, 5.74) is 0.886. The quantitative estimate of drug-likeness (QED) is 0.599. The first-order valence-corrected chi connectivity index (χ1v) is 7.09. The first kappa shape index (κ1) is 13.6. The second kappa shape index (κ2) is 6.31. The molecule has 0 aliphatic heterocycles. The average molecular weight is 238 g/mol. The predicted molar refractivity (Wildman–Crippen MR) is 72.1 cm³/mol. The van der Waals surface area contributed by atoms with E-state index in [1.54, 1.807) is 11.8 Å². The number of rotatable bonds is 6. The zero-order chi connectivity index (χ0) is 12.0. The molecule has 1 aromatic rings. The molecular weight excluding hydrogens is 216 g/mol. The number of aryl methyl sites for hydroxylation is 1. The molecule has 0 aromatic heterocycles. The number of hydrogen-bond donors (Lipinski definition) is 1. The molecule has 0 bridgehead atoms. The number of hydrogen-bond acceptors (Lipinski definition) is 2. The molecule has 1 N–H and O–H groups in total. The maximum Gasteiger partial charge on any atom is 0.0591 e. The minimum absolute atomic E-state index is 0.511. The van der Waals surface area contributed by atoms with Gasteiger partial charge in [-0.3, -0.25) is 0 Å². The average Bonchev–Trinajstić information content (AvgIpc) is 2.24. The Labute approximate surface area is 103 Å². The van der Waals surface area contributed by atoms with Crippen LogP contribution in [-0.2, 0) is 6.42 Å². The van der Waals surface area contributed by atoms with Gasteiger partial charge in [-0.15, -0.1) is 11.8 Å². The van der Waals surface area contributed by atoms with Crippen LogP contribution >= 0.6 is 11.8 Å². The summed E-state index contributed by atoms with van der Waals surface area (Å²) < 4.78 is 0. The molecule has 1 rings (SSSR count). The van der Waals surface area contributed by atoms with E-state index < -0.39 is 5.60 Å². The Morgan fingerprint density at radius 3 is 2.25 bits per heavy atom. The Kier molecular flexibility index (Phi) is 5.36. The van der Waals surface area contributed by atoms with Gasteiger partial charge in [-0.05, 0) is 57.1 Å². The standard InChI is InChI=1S/C14H22OS/c1-14(2,15)11-5-4-6-12-7-9-13(16-3)10-8-12/h7-10,15H,4-6,11H2,1-3H3. The Bertz CT molecular complexity index is 298. The number of benzene rings is 1. The van der Waals surface area contributed by atoms with E-state index in [0.717, 1.165) is 25.7 Å². The third-order valence-corrected chi connectivity index (χ3v) is 3.41. The molecule has 0 heterocycles. The van der Waals surface area contributed by atoms with E-state index in [1.807, 2.05) is 13.8 Å². The van der Waals surface area contributed by atoms with E-state index in [2.05, 4.69) is 30.5 Å². The smallest absolute Gasteiger partial charge is 0.0591 e. The highest BCUT2D eigenvalue weighted by molar-refractivity contribution is 7.98. The summed E-state index contributed by atoms with van der Waals surface area (Å²) in [7, 11) is 0. The second-order valence-electron chi connectivity index (χ2n) is 4.87. The molecule has 0 unspecified atom stereocenters. The summed E-state index contributed by atoms with van der Waals surface area (Å²) in [6.45, 7) is 3.75. The molecule has 0 amide bonds. The minimum atomic E-state index is -0.511. The molecule has 0 aliphatic carbocycles. The monoisotopic (exact) mass is 238 g/mol. The summed E-state index contributed by atoms with van der Waals surface area (Å²) in [4.78, 5) is 1.32. The van der Waals surface area contributed by atoms with Crippen molar-refractivity contribution in [2.24, 2.45) is 0 Å². The molecule has 1 nitrogen and oxygen atoms in total. The fourth-order valence-electron chi connectivity index (χ4n) is 1.68. The molecular formula is C14H22OS. The molecule has 0 radical (unpaired) electrons. The van der Waals surface area contributed by atoms with Crippen LogP contribution in [0.1, 0.15) is 38.7 Å². The molecule has 0 aliphatic rings. The molecule has 0 saturated heterocycles. The lowest BCUT2D eigenvalue weighted by molar-refractivity contribution is 0.0682. The summed E-state index contributed by atoms with van der Waals surface area (Å²) in [6, 6.07) is 8.76. The van der Waals surface area contributed by atoms with E-state index in [9.17, 15) is 5.11 Å². The van der Waals surface area contributed by atoms with Crippen LogP contribution in [0.15, 0.2) is 29.2 Å². The molecule has 0 fully saturated rings. The summed E-state index contributed by atoms with van der Waals surface area (Å²) >= 11 is 1.78. The van der Waals surface area contributed by atoms with Crippen molar-refractivity contribution in [2.75, 3.05) is 6.26 Å². The summed E-state index contributed by atoms with van der Waals surface area (Å²) in [6.07, 6.45) is 6.34. The second-order valence-corrected chi connectivity index (χ2v) is 5.75. The molecule has 16 heavy (non-hydrogen) atoms. The summed E-state index contributed by atoms with van der Waals surface area (Å²) in [5, 5.41) is 9.58. The Balaban J connectivity index is 2.27. The first-order valence-electron chi connectivity index (χ1n) is 5.86. The summed E-state index contributed by atoms with van der Waals surface area (Å²) in [5.74, 6) is 0. The van der Waals surface area contributed by atoms with Crippen LogP contribution in [0.3, 0.4) is 0 Å². The Morgan fingerprint density at radius 1 is 1.12 bits per heavy atom. The van der Waals surface area contributed by atoms with Gasteiger partial charge < -0.3 is 5.11 Å². The maximum absolute atomic E-state index is 9.58. The maximum atomic E-state index is 9.58. The molecule has 90 valence electrons. The number of unbranched alkanes of at least 4 members (excludes halogenated alkanes) is 1. The minimum Gasteiger partial charge on any atom is -0.390 e. The fraction of sp³-hybridized carbons (Fsp3) is 0.571. The van der Waals surface area contributed by atoms with E-state index in [4.69, 9.17) is 0 Å². The highest BCUT2D eigenvalue weighted by atomic mass is 32.2. The first-order chi connectivity index (χ1) is 7.51. The molecule has 0 saturated carbocycles. The van der Waals surface area contributed by atoms with Gasteiger partial charge in [-0.2, -0.15) is 0 Å². The third kappa shape index (κ3) is 5.57. The van der Waals surface area contributed by atoms with E-state index in [0.29, 0.717) is 0 Å². The lowest BCUT2D eigenvalue weighted by atomic mass is 9.99. The van der Waals surface area contributed by atoms with Crippen LogP contribution in [0.25, 0.3) is 0 Å². The molecule has 0 atom stereocenters. The van der Waals surface area contributed by atoms with E-state index in [-0.39, 0.29) is 0 Å². The Morgan fingerprint density at radius 2 is 1.75 bits per heavy atom. The van der Waals surface area contributed by atoms with Gasteiger partial charge in [0.15, 0.2) is 0 Å². The van der Waals surface area contributed by atoms with Crippen LogP contribution in [0.4, 0.5) is 0 Å². The fourth-order valence-corrected chi connectivity index (χ4v) is 2.09. The van der Waals surface area contributed by atoms with Crippen LogP contribution in [0.5, 0.6) is 0 Å². The highest BCUT2D eigenvalue weighted by Crippen LogP contribution is 2.17. The van der Waals surface area contributed by atoms with Gasteiger partial charge in [0.25, 0.3) is 0 Å². The lowest BCUT2D eigenvalue weighted by Crippen LogP contribution is -2.17. The van der Waals surface area contributed by atoms with Gasteiger partial charge >= 0.3 is 0 Å². The van der Waals surface area contributed by atoms with Crippen LogP contribution in [0, 0.1) is 0 Å². The zero-order valence-electron chi connectivity index (χ0n) is 10.5. The largest absolute Gasteiger partial charge is 0.390 e. The van der Waals surface area contributed by atoms with Crippen molar-refractivity contribution in [1.82, 2.24) is 0 Å². The van der Waals surface area contributed by atoms with Gasteiger partial charge in [0.05, 0.1) is 5.60 Å². The van der Waals surface area contributed by atoms with Gasteiger partial charge in [0.2, 0.25) is 0 Å². The van der Waals surface area contributed by atoms with Crippen LogP contribution in [0.2, 0.25) is 0 Å². The normalized spacial score (nSPS) is 11.8. The highest BCUT2D eigenvalue weighted by Gasteiger charge is 2.10. The van der Waals surface area contributed by atoms with Gasteiger partial charge in [0, 0.05) is 4.90 Å². The molecule has 1 aromatic carbocycles. The Hall–Kier alpha value is -0.470. The van der Waals surface area contributed by atoms with Gasteiger partial charge in [-0.25, -0.2) is 0 Å². The van der Waals surface area contributed by atoms with Crippen molar-refractivity contribution < 1.29 is 5.11 Å². The van der Waals surface area contributed by atoms with Gasteiger partial charge in [0.1, 0.15) is 0 Å². The SMILES string of the molecule is CSc1ccc(CCCCC(C)(C)O)cc1. The third-order valence-electron chi connectivity index (χ3n) is 2.66. The number of thioether (sulfide) groups is 1. The van der Waals surface area contributed by atoms with Crippen molar-refractivity contribution in [3.05, 3.63) is 29.8 Å². The van der Waals surface area contributed by atoms with Crippen LogP contribution < -0.4 is 0 Å². The molecule has 2 heteroatoms. The van der Waals surface area contributed by atoms with Crippen molar-refractivity contribution in [3.63, 3.8) is 0 Å². The number of aliphatic hydroxyl groups is 1. The van der Waals surface area contributed by atoms with E-state index in [1.165, 1.54) is 10.5 Å². The van der Waals surface area contributed by atoms with Crippen molar-refractivity contribution in [1.29, 1.82) is 0 Å². The zero-order valence-corrected chi connectivity index (χ0v) is 11.3.